The van der Waals surface area contributed by atoms with Crippen LogP contribution in [0.4, 0.5) is 15.8 Å². The zero-order valence-electron chi connectivity index (χ0n) is 10.5. The highest BCUT2D eigenvalue weighted by Crippen LogP contribution is 2.25. The second kappa shape index (κ2) is 5.19. The third kappa shape index (κ3) is 2.51. The molecule has 0 amide bonds. The lowest BCUT2D eigenvalue weighted by atomic mass is 10.1. The highest BCUT2D eigenvalue weighted by molar-refractivity contribution is 5.63. The number of hydrogen-bond acceptors (Lipinski definition) is 2. The van der Waals surface area contributed by atoms with Gasteiger partial charge in [-0.3, -0.25) is 0 Å². The van der Waals surface area contributed by atoms with Gasteiger partial charge in [0.25, 0.3) is 0 Å². The monoisotopic (exact) mass is 245 g/mol. The van der Waals surface area contributed by atoms with Crippen LogP contribution in [0.5, 0.6) is 0 Å². The lowest BCUT2D eigenvalue weighted by molar-refractivity contribution is 0.281. The summed E-state index contributed by atoms with van der Waals surface area (Å²) in [4.78, 5) is 1.98. The van der Waals surface area contributed by atoms with Crippen molar-refractivity contribution in [1.29, 1.82) is 0 Å². The average Bonchev–Trinajstić information content (AvgIpc) is 2.38. The molecule has 0 saturated carbocycles. The van der Waals surface area contributed by atoms with Crippen LogP contribution in [0.3, 0.4) is 0 Å². The minimum atomic E-state index is -0.237. The molecule has 0 aliphatic carbocycles. The molecule has 0 atom stereocenters. The van der Waals surface area contributed by atoms with Crippen molar-refractivity contribution in [3.63, 3.8) is 0 Å². The number of halogens is 1. The minimum absolute atomic E-state index is 0.0480. The van der Waals surface area contributed by atoms with Gasteiger partial charge in [-0.1, -0.05) is 6.07 Å². The fourth-order valence-electron chi connectivity index (χ4n) is 1.88. The van der Waals surface area contributed by atoms with E-state index in [1.54, 1.807) is 12.1 Å². The Morgan fingerprint density at radius 3 is 2.22 bits per heavy atom. The van der Waals surface area contributed by atoms with Crippen LogP contribution in [0, 0.1) is 12.7 Å². The fourth-order valence-corrected chi connectivity index (χ4v) is 1.88. The van der Waals surface area contributed by atoms with Crippen molar-refractivity contribution in [2.75, 3.05) is 11.9 Å². The van der Waals surface area contributed by atoms with E-state index in [4.69, 9.17) is 5.11 Å². The molecule has 0 aromatic heterocycles. The molecule has 0 spiro atoms. The molecule has 2 nitrogen and oxygen atoms in total. The van der Waals surface area contributed by atoms with Crippen LogP contribution in [0.2, 0.25) is 0 Å². The Hall–Kier alpha value is -1.87. The molecule has 0 radical (unpaired) electrons. The van der Waals surface area contributed by atoms with Crippen LogP contribution in [-0.4, -0.2) is 12.2 Å². The molecule has 0 saturated heterocycles. The summed E-state index contributed by atoms with van der Waals surface area (Å²) in [5, 5.41) is 9.14. The number of anilines is 2. The Labute approximate surface area is 106 Å². The van der Waals surface area contributed by atoms with E-state index in [1.807, 2.05) is 37.1 Å². The second-order valence-electron chi connectivity index (χ2n) is 4.30. The quantitative estimate of drug-likeness (QED) is 0.896. The molecule has 3 heteroatoms. The number of aliphatic hydroxyl groups excluding tert-OH is 1. The zero-order chi connectivity index (χ0) is 13.1. The van der Waals surface area contributed by atoms with Gasteiger partial charge in [0.1, 0.15) is 5.82 Å². The predicted molar refractivity (Wildman–Crippen MR) is 71.6 cm³/mol. The van der Waals surface area contributed by atoms with E-state index < -0.39 is 0 Å². The first-order chi connectivity index (χ1) is 8.61. The normalized spacial score (nSPS) is 10.4. The molecule has 18 heavy (non-hydrogen) atoms. The average molecular weight is 245 g/mol. The smallest absolute Gasteiger partial charge is 0.123 e. The van der Waals surface area contributed by atoms with Crippen molar-refractivity contribution in [3.8, 4) is 0 Å². The van der Waals surface area contributed by atoms with Gasteiger partial charge in [0.2, 0.25) is 0 Å². The largest absolute Gasteiger partial charge is 0.392 e. The summed E-state index contributed by atoms with van der Waals surface area (Å²) in [6.45, 7) is 2.01. The van der Waals surface area contributed by atoms with Crippen molar-refractivity contribution in [2.24, 2.45) is 0 Å². The molecule has 0 aliphatic heterocycles. The lowest BCUT2D eigenvalue weighted by Gasteiger charge is -2.20. The van der Waals surface area contributed by atoms with Gasteiger partial charge >= 0.3 is 0 Å². The summed E-state index contributed by atoms with van der Waals surface area (Å²) < 4.78 is 12.9. The first kappa shape index (κ1) is 12.6. The van der Waals surface area contributed by atoms with E-state index in [1.165, 1.54) is 12.1 Å². The molecule has 0 heterocycles. The fraction of sp³-hybridized carbons (Fsp3) is 0.200. The topological polar surface area (TPSA) is 23.5 Å². The van der Waals surface area contributed by atoms with Gasteiger partial charge in [-0.05, 0) is 54.4 Å². The maximum atomic E-state index is 12.9. The summed E-state index contributed by atoms with van der Waals surface area (Å²) in [5.74, 6) is -0.237. The van der Waals surface area contributed by atoms with Gasteiger partial charge in [0.15, 0.2) is 0 Å². The number of aliphatic hydroxyl groups is 1. The number of rotatable bonds is 3. The van der Waals surface area contributed by atoms with Gasteiger partial charge in [-0.15, -0.1) is 0 Å². The van der Waals surface area contributed by atoms with Gasteiger partial charge in [0, 0.05) is 18.4 Å². The third-order valence-electron chi connectivity index (χ3n) is 3.10. The highest BCUT2D eigenvalue weighted by Gasteiger charge is 2.06. The minimum Gasteiger partial charge on any atom is -0.392 e. The molecule has 2 aromatic carbocycles. The molecule has 0 unspecified atom stereocenters. The van der Waals surface area contributed by atoms with Crippen LogP contribution < -0.4 is 4.90 Å². The zero-order valence-corrected chi connectivity index (χ0v) is 10.5. The molecule has 94 valence electrons. The molecule has 0 fully saturated rings. The Balaban J connectivity index is 2.31. The summed E-state index contributed by atoms with van der Waals surface area (Å²) in [6, 6.07) is 12.2. The van der Waals surface area contributed by atoms with Crippen LogP contribution in [0.25, 0.3) is 0 Å². The Morgan fingerprint density at radius 2 is 1.67 bits per heavy atom. The molecule has 0 aliphatic rings. The van der Waals surface area contributed by atoms with Crippen molar-refractivity contribution < 1.29 is 9.50 Å². The molecule has 0 bridgehead atoms. The number of nitrogens with zero attached hydrogens (tertiary/aromatic N) is 1. The van der Waals surface area contributed by atoms with Crippen LogP contribution >= 0.6 is 0 Å². The SMILES string of the molecule is Cc1cc(N(C)c2ccc(F)cc2)ccc1CO. The Morgan fingerprint density at radius 1 is 1.06 bits per heavy atom. The van der Waals surface area contributed by atoms with E-state index in [0.717, 1.165) is 22.5 Å². The van der Waals surface area contributed by atoms with Gasteiger partial charge in [0.05, 0.1) is 6.61 Å². The highest BCUT2D eigenvalue weighted by atomic mass is 19.1. The molecule has 2 rings (SSSR count). The van der Waals surface area contributed by atoms with Crippen molar-refractivity contribution in [1.82, 2.24) is 0 Å². The number of benzene rings is 2. The number of aryl methyl sites for hydroxylation is 1. The molecular weight excluding hydrogens is 229 g/mol. The van der Waals surface area contributed by atoms with Crippen molar-refractivity contribution in [3.05, 3.63) is 59.4 Å². The maximum Gasteiger partial charge on any atom is 0.123 e. The van der Waals surface area contributed by atoms with Crippen molar-refractivity contribution in [2.45, 2.75) is 13.5 Å². The Kier molecular flexibility index (Phi) is 3.63. The molecule has 1 N–H and O–H groups in total. The summed E-state index contributed by atoms with van der Waals surface area (Å²) in [5.41, 5.74) is 3.90. The summed E-state index contributed by atoms with van der Waals surface area (Å²) >= 11 is 0. The van der Waals surface area contributed by atoms with E-state index in [9.17, 15) is 4.39 Å². The van der Waals surface area contributed by atoms with E-state index >= 15 is 0 Å². The lowest BCUT2D eigenvalue weighted by Crippen LogP contribution is -2.09. The number of hydrogen-bond donors (Lipinski definition) is 1. The van der Waals surface area contributed by atoms with Crippen molar-refractivity contribution >= 4 is 11.4 Å². The van der Waals surface area contributed by atoms with E-state index in [2.05, 4.69) is 0 Å². The summed E-state index contributed by atoms with van der Waals surface area (Å²) in [6.07, 6.45) is 0. The standard InChI is InChI=1S/C15H16FNO/c1-11-9-15(6-3-12(11)10-18)17(2)14-7-4-13(16)5-8-14/h3-9,18H,10H2,1-2H3. The van der Waals surface area contributed by atoms with Gasteiger partial charge in [-0.2, -0.15) is 0 Å². The Bertz CT molecular complexity index is 537. The molecule has 2 aromatic rings. The van der Waals surface area contributed by atoms with Gasteiger partial charge in [-0.25, -0.2) is 4.39 Å². The van der Waals surface area contributed by atoms with Crippen LogP contribution in [-0.2, 0) is 6.61 Å². The first-order valence-electron chi connectivity index (χ1n) is 5.81. The van der Waals surface area contributed by atoms with E-state index in [0.29, 0.717) is 0 Å². The second-order valence-corrected chi connectivity index (χ2v) is 4.30. The predicted octanol–water partition coefficient (Wildman–Crippen LogP) is 3.39. The van der Waals surface area contributed by atoms with Crippen LogP contribution in [0.15, 0.2) is 42.5 Å². The van der Waals surface area contributed by atoms with Gasteiger partial charge < -0.3 is 10.0 Å². The van der Waals surface area contributed by atoms with E-state index in [-0.39, 0.29) is 12.4 Å². The van der Waals surface area contributed by atoms with Crippen LogP contribution in [0.1, 0.15) is 11.1 Å². The molecular formula is C15H16FNO. The third-order valence-corrected chi connectivity index (χ3v) is 3.10. The maximum absolute atomic E-state index is 12.9. The first-order valence-corrected chi connectivity index (χ1v) is 5.81. The summed E-state index contributed by atoms with van der Waals surface area (Å²) in [7, 11) is 1.93.